The number of carbonyl (C=O) groups excluding carboxylic acids is 2. The van der Waals surface area contributed by atoms with E-state index < -0.39 is 20.5 Å². The van der Waals surface area contributed by atoms with Gasteiger partial charge in [0.05, 0.1) is 0 Å². The number of nitrogens with zero attached hydrogens (tertiary/aromatic N) is 1. The predicted molar refractivity (Wildman–Crippen MR) is 109 cm³/mol. The van der Waals surface area contributed by atoms with Crippen molar-refractivity contribution in [2.75, 3.05) is 12.0 Å². The van der Waals surface area contributed by atoms with E-state index >= 15 is 0 Å². The maximum atomic E-state index is 12.3. The highest BCUT2D eigenvalue weighted by Gasteiger charge is 2.19. The smallest absolute Gasteiger partial charge is 0.326 e. The molecule has 0 fully saturated rings. The van der Waals surface area contributed by atoms with Crippen LogP contribution in [0, 0.1) is 5.41 Å². The van der Waals surface area contributed by atoms with Gasteiger partial charge in [-0.3, -0.25) is 19.4 Å². The summed E-state index contributed by atoms with van der Waals surface area (Å²) in [6, 6.07) is 6.19. The van der Waals surface area contributed by atoms with E-state index in [9.17, 15) is 14.2 Å². The Labute approximate surface area is 169 Å². The Morgan fingerprint density at radius 3 is 2.32 bits per heavy atom. The molecule has 1 aromatic rings. The molecule has 0 aromatic heterocycles. The summed E-state index contributed by atoms with van der Waals surface area (Å²) in [7, 11) is -4.69. The Morgan fingerprint density at radius 2 is 1.86 bits per heavy atom. The van der Waals surface area contributed by atoms with Crippen LogP contribution in [0.25, 0.3) is 0 Å². The van der Waals surface area contributed by atoms with E-state index in [1.807, 2.05) is 20.8 Å². The summed E-state index contributed by atoms with van der Waals surface area (Å²) in [5.41, 5.74) is 0.687. The minimum absolute atomic E-state index is 0.127. The van der Waals surface area contributed by atoms with E-state index in [2.05, 4.69) is 21.7 Å². The molecule has 11 heteroatoms. The molecule has 4 N–H and O–H groups in total. The number of amides is 2. The van der Waals surface area contributed by atoms with Gasteiger partial charge in [-0.15, -0.1) is 0 Å². The van der Waals surface area contributed by atoms with Crippen molar-refractivity contribution < 1.29 is 28.5 Å². The van der Waals surface area contributed by atoms with Gasteiger partial charge in [0, 0.05) is 23.9 Å². The van der Waals surface area contributed by atoms with Crippen molar-refractivity contribution in [2.24, 2.45) is 5.41 Å². The highest BCUT2D eigenvalue weighted by atomic mass is 32.1. The molecule has 0 spiro atoms. The SMILES string of the molecule is C=CN(COP(=O)(O)O)C(=S)NC(=O)c1ccc(NC(=O)CC(C)(C)C)cc1. The van der Waals surface area contributed by atoms with E-state index in [0.29, 0.717) is 12.1 Å². The number of nitrogens with one attached hydrogen (secondary N) is 2. The van der Waals surface area contributed by atoms with Crippen LogP contribution in [0.15, 0.2) is 37.0 Å². The number of anilines is 1. The summed E-state index contributed by atoms with van der Waals surface area (Å²) in [6.07, 6.45) is 1.52. The van der Waals surface area contributed by atoms with Gasteiger partial charge in [-0.2, -0.15) is 0 Å². The van der Waals surface area contributed by atoms with Crippen molar-refractivity contribution >= 4 is 42.7 Å². The summed E-state index contributed by atoms with van der Waals surface area (Å²) in [6.45, 7) is 8.74. The van der Waals surface area contributed by atoms with Crippen LogP contribution >= 0.6 is 20.0 Å². The highest BCUT2D eigenvalue weighted by molar-refractivity contribution is 7.80. The van der Waals surface area contributed by atoms with Gasteiger partial charge in [-0.25, -0.2) is 4.57 Å². The zero-order chi connectivity index (χ0) is 21.5. The number of hydrogen-bond acceptors (Lipinski definition) is 5. The first kappa shape index (κ1) is 23.9. The fourth-order valence-electron chi connectivity index (χ4n) is 1.96. The van der Waals surface area contributed by atoms with Gasteiger partial charge >= 0.3 is 7.82 Å². The Morgan fingerprint density at radius 1 is 1.29 bits per heavy atom. The number of carbonyl (C=O) groups is 2. The Bertz CT molecular complexity index is 785. The van der Waals surface area contributed by atoms with Gasteiger partial charge in [0.1, 0.15) is 6.73 Å². The fraction of sp³-hybridized carbons (Fsp3) is 0.353. The minimum Gasteiger partial charge on any atom is -0.326 e. The van der Waals surface area contributed by atoms with Gasteiger partial charge in [0.25, 0.3) is 5.91 Å². The van der Waals surface area contributed by atoms with Crippen LogP contribution in [0.1, 0.15) is 37.6 Å². The van der Waals surface area contributed by atoms with Crippen molar-refractivity contribution in [1.82, 2.24) is 10.2 Å². The molecule has 0 saturated carbocycles. The van der Waals surface area contributed by atoms with E-state index in [1.54, 1.807) is 12.1 Å². The third kappa shape index (κ3) is 9.20. The van der Waals surface area contributed by atoms with E-state index in [1.165, 1.54) is 12.1 Å². The predicted octanol–water partition coefficient (Wildman–Crippen LogP) is 2.59. The molecule has 1 rings (SSSR count). The highest BCUT2D eigenvalue weighted by Crippen LogP contribution is 2.35. The summed E-state index contributed by atoms with van der Waals surface area (Å²) in [4.78, 5) is 42.7. The van der Waals surface area contributed by atoms with Crippen LogP contribution in [0.3, 0.4) is 0 Å². The van der Waals surface area contributed by atoms with Crippen LogP contribution in [-0.4, -0.2) is 38.3 Å². The molecular weight excluding hydrogens is 405 g/mol. The molecule has 9 nitrogen and oxygen atoms in total. The quantitative estimate of drug-likeness (QED) is 0.296. The standard InChI is InChI=1S/C17H24N3O6PS/c1-5-20(11-26-27(23,24)25)16(28)19-15(22)12-6-8-13(9-7-12)18-14(21)10-17(2,3)4/h5-9H,1,10-11H2,2-4H3,(H,18,21)(H,19,22,28)(H2,23,24,25). The molecule has 154 valence electrons. The van der Waals surface area contributed by atoms with Crippen LogP contribution < -0.4 is 10.6 Å². The summed E-state index contributed by atoms with van der Waals surface area (Å²) in [5.74, 6) is -0.668. The van der Waals surface area contributed by atoms with E-state index in [0.717, 1.165) is 11.1 Å². The molecule has 2 amide bonds. The van der Waals surface area contributed by atoms with Gasteiger partial charge in [-0.05, 0) is 41.9 Å². The summed E-state index contributed by atoms with van der Waals surface area (Å²) in [5, 5.41) is 5.01. The maximum Gasteiger partial charge on any atom is 0.471 e. The Balaban J connectivity index is 2.67. The van der Waals surface area contributed by atoms with Crippen LogP contribution in [0.4, 0.5) is 5.69 Å². The van der Waals surface area contributed by atoms with Crippen LogP contribution in [0.5, 0.6) is 0 Å². The Hall–Kier alpha value is -2.10. The van der Waals surface area contributed by atoms with Crippen molar-refractivity contribution in [3.8, 4) is 0 Å². The van der Waals surface area contributed by atoms with Crippen molar-refractivity contribution in [1.29, 1.82) is 0 Å². The third-order valence-corrected chi connectivity index (χ3v) is 3.98. The third-order valence-electron chi connectivity index (χ3n) is 3.19. The Kier molecular flexibility index (Phi) is 8.47. The van der Waals surface area contributed by atoms with Crippen molar-refractivity contribution in [2.45, 2.75) is 27.2 Å². The molecule has 0 aliphatic carbocycles. The molecule has 28 heavy (non-hydrogen) atoms. The molecule has 0 bridgehead atoms. The van der Waals surface area contributed by atoms with Gasteiger partial charge in [0.2, 0.25) is 5.91 Å². The van der Waals surface area contributed by atoms with Crippen LogP contribution in [-0.2, 0) is 13.9 Å². The molecular formula is C17H24N3O6PS. The summed E-state index contributed by atoms with van der Waals surface area (Å²) >= 11 is 5.01. The molecule has 1 aromatic carbocycles. The van der Waals surface area contributed by atoms with Gasteiger partial charge in [-0.1, -0.05) is 27.4 Å². The lowest BCUT2D eigenvalue weighted by Crippen LogP contribution is -2.40. The number of rotatable bonds is 7. The lowest BCUT2D eigenvalue weighted by molar-refractivity contribution is -0.117. The lowest BCUT2D eigenvalue weighted by Gasteiger charge is -2.21. The lowest BCUT2D eigenvalue weighted by atomic mass is 9.92. The normalized spacial score (nSPS) is 11.5. The fourth-order valence-corrected chi connectivity index (χ4v) is 2.46. The molecule has 0 atom stereocenters. The second kappa shape index (κ2) is 9.90. The van der Waals surface area contributed by atoms with E-state index in [-0.39, 0.29) is 22.0 Å². The number of hydrogen-bond donors (Lipinski definition) is 4. The second-order valence-corrected chi connectivity index (χ2v) is 8.65. The van der Waals surface area contributed by atoms with Gasteiger partial charge in [0.15, 0.2) is 5.11 Å². The molecule has 0 unspecified atom stereocenters. The zero-order valence-electron chi connectivity index (χ0n) is 15.8. The number of benzene rings is 1. The van der Waals surface area contributed by atoms with Gasteiger partial charge < -0.3 is 20.0 Å². The topological polar surface area (TPSA) is 128 Å². The average Bonchev–Trinajstić information content (AvgIpc) is 2.53. The molecule has 0 heterocycles. The zero-order valence-corrected chi connectivity index (χ0v) is 17.5. The molecule has 0 aliphatic heterocycles. The van der Waals surface area contributed by atoms with E-state index in [4.69, 9.17) is 22.0 Å². The number of phosphoric ester groups is 1. The molecule has 0 saturated heterocycles. The van der Waals surface area contributed by atoms with Crippen molar-refractivity contribution in [3.63, 3.8) is 0 Å². The number of phosphoric acid groups is 1. The second-order valence-electron chi connectivity index (χ2n) is 7.02. The molecule has 0 radical (unpaired) electrons. The first-order chi connectivity index (χ1) is 12.8. The number of thiocarbonyl (C=S) groups is 1. The van der Waals surface area contributed by atoms with Crippen molar-refractivity contribution in [3.05, 3.63) is 42.6 Å². The first-order valence-corrected chi connectivity index (χ1v) is 10.1. The minimum atomic E-state index is -4.69. The molecule has 0 aliphatic rings. The maximum absolute atomic E-state index is 12.3. The first-order valence-electron chi connectivity index (χ1n) is 8.15. The largest absolute Gasteiger partial charge is 0.471 e. The average molecular weight is 429 g/mol. The van der Waals surface area contributed by atoms with Crippen LogP contribution in [0.2, 0.25) is 0 Å². The monoisotopic (exact) mass is 429 g/mol. The summed E-state index contributed by atoms with van der Waals surface area (Å²) < 4.78 is 15.1.